The molecule has 10 unspecified atom stereocenters. The molecular formula is C28H46O4. The highest BCUT2D eigenvalue weighted by atomic mass is 16.6. The number of carbonyl (C=O) groups excluding carboxylic acids is 2. The van der Waals surface area contributed by atoms with Crippen molar-refractivity contribution in [1.29, 1.82) is 0 Å². The summed E-state index contributed by atoms with van der Waals surface area (Å²) in [6.07, 6.45) is 3.48. The van der Waals surface area contributed by atoms with Crippen LogP contribution in [-0.2, 0) is 19.1 Å². The van der Waals surface area contributed by atoms with E-state index in [1.807, 2.05) is 13.8 Å². The average Bonchev–Trinajstić information content (AvgIpc) is 3.34. The lowest BCUT2D eigenvalue weighted by atomic mass is 9.52. The predicted molar refractivity (Wildman–Crippen MR) is 126 cm³/mol. The van der Waals surface area contributed by atoms with Crippen molar-refractivity contribution in [3.05, 3.63) is 0 Å². The van der Waals surface area contributed by atoms with E-state index in [4.69, 9.17) is 9.47 Å². The van der Waals surface area contributed by atoms with E-state index >= 15 is 0 Å². The minimum absolute atomic E-state index is 0.141. The van der Waals surface area contributed by atoms with E-state index in [0.29, 0.717) is 22.7 Å². The molecule has 4 bridgehead atoms. The molecule has 10 atom stereocenters. The number of hydrogen-bond acceptors (Lipinski definition) is 4. The van der Waals surface area contributed by atoms with Gasteiger partial charge in [0.1, 0.15) is 6.10 Å². The summed E-state index contributed by atoms with van der Waals surface area (Å²) in [7, 11) is 0. The number of ether oxygens (including phenoxy) is 2. The molecule has 4 fully saturated rings. The smallest absolute Gasteiger partial charge is 0.309 e. The Hall–Kier alpha value is -1.06. The Labute approximate surface area is 195 Å². The zero-order chi connectivity index (χ0) is 23.7. The van der Waals surface area contributed by atoms with Crippen molar-refractivity contribution in [3.63, 3.8) is 0 Å². The molecule has 0 radical (unpaired) electrons. The average molecular weight is 447 g/mol. The monoisotopic (exact) mass is 446 g/mol. The van der Waals surface area contributed by atoms with Gasteiger partial charge in [-0.3, -0.25) is 9.59 Å². The van der Waals surface area contributed by atoms with E-state index in [9.17, 15) is 9.59 Å². The molecule has 0 aromatic carbocycles. The summed E-state index contributed by atoms with van der Waals surface area (Å²) >= 11 is 0. The van der Waals surface area contributed by atoms with Gasteiger partial charge in [0.25, 0.3) is 0 Å². The molecule has 0 aromatic rings. The molecule has 4 aliphatic carbocycles. The van der Waals surface area contributed by atoms with Crippen LogP contribution in [0.4, 0.5) is 0 Å². The summed E-state index contributed by atoms with van der Waals surface area (Å²) in [4.78, 5) is 24.4. The number of hydrogen-bond donors (Lipinski definition) is 0. The zero-order valence-electron chi connectivity index (χ0n) is 21.8. The van der Waals surface area contributed by atoms with Gasteiger partial charge in [0.2, 0.25) is 0 Å². The van der Waals surface area contributed by atoms with Gasteiger partial charge in [-0.15, -0.1) is 0 Å². The molecule has 32 heavy (non-hydrogen) atoms. The highest BCUT2D eigenvalue weighted by Gasteiger charge is 2.70. The second-order valence-corrected chi connectivity index (χ2v) is 14.0. The largest absolute Gasteiger partial charge is 0.463 e. The van der Waals surface area contributed by atoms with Crippen molar-refractivity contribution < 1.29 is 19.1 Å². The summed E-state index contributed by atoms with van der Waals surface area (Å²) < 4.78 is 11.2. The minimum atomic E-state index is -0.333. The highest BCUT2D eigenvalue weighted by molar-refractivity contribution is 5.71. The van der Waals surface area contributed by atoms with Crippen LogP contribution in [0.25, 0.3) is 0 Å². The highest BCUT2D eigenvalue weighted by Crippen LogP contribution is 2.75. The summed E-state index contributed by atoms with van der Waals surface area (Å²) in [5.41, 5.74) is 0.639. The van der Waals surface area contributed by atoms with Crippen LogP contribution in [0.5, 0.6) is 0 Å². The Kier molecular flexibility index (Phi) is 6.03. The maximum atomic E-state index is 12.5. The van der Waals surface area contributed by atoms with Crippen molar-refractivity contribution in [1.82, 2.24) is 0 Å². The van der Waals surface area contributed by atoms with Crippen molar-refractivity contribution in [2.75, 3.05) is 0 Å². The van der Waals surface area contributed by atoms with Crippen LogP contribution < -0.4 is 0 Å². The van der Waals surface area contributed by atoms with Crippen LogP contribution in [-0.4, -0.2) is 24.1 Å². The third kappa shape index (κ3) is 4.02. The lowest BCUT2D eigenvalue weighted by molar-refractivity contribution is -0.161. The first kappa shape index (κ1) is 24.1. The lowest BCUT2D eigenvalue weighted by Crippen LogP contribution is -2.49. The second-order valence-electron chi connectivity index (χ2n) is 14.0. The Morgan fingerprint density at radius 2 is 1.38 bits per heavy atom. The number of esters is 2. The fourth-order valence-corrected chi connectivity index (χ4v) is 9.43. The van der Waals surface area contributed by atoms with Crippen LogP contribution in [0.15, 0.2) is 0 Å². The molecule has 4 saturated carbocycles. The van der Waals surface area contributed by atoms with Crippen molar-refractivity contribution in [2.24, 2.45) is 64.1 Å². The SMILES string of the molecule is CC(=O)OC(CC(=O)OC(C)C)C1CC2CC1C1C3CC(C21)C(C(C)(C)C)C3C(C)(C)C. The molecule has 0 heterocycles. The van der Waals surface area contributed by atoms with Gasteiger partial charge in [0, 0.05) is 6.92 Å². The molecule has 0 N–H and O–H groups in total. The molecule has 4 rings (SSSR count). The van der Waals surface area contributed by atoms with Crippen molar-refractivity contribution >= 4 is 11.9 Å². The van der Waals surface area contributed by atoms with Gasteiger partial charge in [0.05, 0.1) is 12.5 Å². The number of carbonyl (C=O) groups is 2. The van der Waals surface area contributed by atoms with Gasteiger partial charge >= 0.3 is 11.9 Å². The molecular weight excluding hydrogens is 400 g/mol. The summed E-state index contributed by atoms with van der Waals surface area (Å²) in [5, 5.41) is 0. The van der Waals surface area contributed by atoms with Crippen LogP contribution in [0.2, 0.25) is 0 Å². The minimum Gasteiger partial charge on any atom is -0.463 e. The topological polar surface area (TPSA) is 52.6 Å². The molecule has 0 spiro atoms. The van der Waals surface area contributed by atoms with Crippen LogP contribution in [0.1, 0.15) is 88.0 Å². The fourth-order valence-electron chi connectivity index (χ4n) is 9.43. The van der Waals surface area contributed by atoms with Gasteiger partial charge in [0.15, 0.2) is 0 Å². The first-order chi connectivity index (χ1) is 14.7. The molecule has 4 nitrogen and oxygen atoms in total. The van der Waals surface area contributed by atoms with Gasteiger partial charge in [-0.05, 0) is 97.2 Å². The zero-order valence-corrected chi connectivity index (χ0v) is 21.8. The van der Waals surface area contributed by atoms with E-state index in [-0.39, 0.29) is 30.6 Å². The standard InChI is InChI=1S/C28H46O4/c1-14(2)31-22(30)13-21(32-15(3)29)17-10-16-11-18(17)24-20-12-19(23(16)24)25(27(4,5)6)26(20)28(7,8)9/h14,16-21,23-26H,10-13H2,1-9H3. The second kappa shape index (κ2) is 8.01. The van der Waals surface area contributed by atoms with Crippen LogP contribution in [0, 0.1) is 64.1 Å². The molecule has 0 amide bonds. The number of fused-ring (bicyclic) bond motifs is 9. The third-order valence-corrected chi connectivity index (χ3v) is 9.56. The van der Waals surface area contributed by atoms with E-state index in [1.165, 1.54) is 19.8 Å². The van der Waals surface area contributed by atoms with E-state index in [2.05, 4.69) is 41.5 Å². The third-order valence-electron chi connectivity index (χ3n) is 9.56. The Morgan fingerprint density at radius 1 is 0.812 bits per heavy atom. The Balaban J connectivity index is 1.59. The van der Waals surface area contributed by atoms with Gasteiger partial charge in [-0.1, -0.05) is 41.5 Å². The molecule has 4 aliphatic rings. The predicted octanol–water partition coefficient (Wildman–Crippen LogP) is 6.12. The van der Waals surface area contributed by atoms with Crippen molar-refractivity contribution in [2.45, 2.75) is 100 Å². The van der Waals surface area contributed by atoms with Gasteiger partial charge in [-0.2, -0.15) is 0 Å². The Morgan fingerprint density at radius 3 is 1.88 bits per heavy atom. The van der Waals surface area contributed by atoms with Crippen LogP contribution in [0.3, 0.4) is 0 Å². The first-order valence-electron chi connectivity index (χ1n) is 13.1. The van der Waals surface area contributed by atoms with E-state index in [1.54, 1.807) is 0 Å². The van der Waals surface area contributed by atoms with Crippen LogP contribution >= 0.6 is 0 Å². The van der Waals surface area contributed by atoms with E-state index in [0.717, 1.165) is 47.8 Å². The summed E-state index contributed by atoms with van der Waals surface area (Å²) in [5.74, 6) is 5.82. The molecule has 0 aromatic heterocycles. The lowest BCUT2D eigenvalue weighted by Gasteiger charge is -2.53. The van der Waals surface area contributed by atoms with Gasteiger partial charge in [-0.25, -0.2) is 0 Å². The van der Waals surface area contributed by atoms with Crippen molar-refractivity contribution in [3.8, 4) is 0 Å². The molecule has 4 heteroatoms. The normalized spacial score (nSPS) is 41.1. The first-order valence-corrected chi connectivity index (χ1v) is 13.1. The fraction of sp³-hybridized carbons (Fsp3) is 0.929. The summed E-state index contributed by atoms with van der Waals surface area (Å²) in [6.45, 7) is 19.9. The molecule has 0 aliphatic heterocycles. The maximum absolute atomic E-state index is 12.5. The van der Waals surface area contributed by atoms with Gasteiger partial charge < -0.3 is 9.47 Å². The quantitative estimate of drug-likeness (QED) is 0.377. The number of rotatable bonds is 5. The van der Waals surface area contributed by atoms with E-state index < -0.39 is 0 Å². The molecule has 0 saturated heterocycles. The molecule has 182 valence electrons. The Bertz CT molecular complexity index is 742. The summed E-state index contributed by atoms with van der Waals surface area (Å²) in [6, 6.07) is 0. The maximum Gasteiger partial charge on any atom is 0.309 e.